The number of amides is 2. The number of aromatic nitrogens is 2. The Morgan fingerprint density at radius 3 is 2.48 bits per heavy atom. The lowest BCUT2D eigenvalue weighted by molar-refractivity contribution is -0.127. The predicted octanol–water partition coefficient (Wildman–Crippen LogP) is 1.43. The van der Waals surface area contributed by atoms with Crippen molar-refractivity contribution < 1.29 is 18.0 Å². The minimum Gasteiger partial charge on any atom is -0.336 e. The van der Waals surface area contributed by atoms with E-state index in [2.05, 4.69) is 9.82 Å². The Morgan fingerprint density at radius 2 is 1.96 bits per heavy atom. The van der Waals surface area contributed by atoms with Crippen LogP contribution < -0.4 is 4.72 Å². The lowest BCUT2D eigenvalue weighted by Crippen LogP contribution is -2.45. The van der Waals surface area contributed by atoms with Gasteiger partial charge in [0.15, 0.2) is 0 Å². The summed E-state index contributed by atoms with van der Waals surface area (Å²) >= 11 is 0. The molecule has 0 saturated carbocycles. The summed E-state index contributed by atoms with van der Waals surface area (Å²) in [5.74, 6) is -0.845. The number of carbonyl (C=O) groups is 2. The van der Waals surface area contributed by atoms with Gasteiger partial charge in [-0.25, -0.2) is 8.42 Å². The van der Waals surface area contributed by atoms with Crippen LogP contribution in [0, 0.1) is 5.41 Å². The van der Waals surface area contributed by atoms with E-state index in [-0.39, 0.29) is 23.6 Å². The smallest absolute Gasteiger partial charge is 0.272 e. The SMILES string of the molecule is CCCS(=O)(=O)NC(=O)C1(C)CCN(C(=O)c2cc(C(C)(C)C)nn2C)C1. The van der Waals surface area contributed by atoms with Crippen molar-refractivity contribution >= 4 is 21.8 Å². The highest BCUT2D eigenvalue weighted by atomic mass is 32.2. The summed E-state index contributed by atoms with van der Waals surface area (Å²) < 4.78 is 27.5. The van der Waals surface area contributed by atoms with Gasteiger partial charge in [0.25, 0.3) is 5.91 Å². The molecule has 0 aromatic carbocycles. The fourth-order valence-corrected chi connectivity index (χ4v) is 4.27. The quantitative estimate of drug-likeness (QED) is 0.808. The van der Waals surface area contributed by atoms with E-state index < -0.39 is 21.3 Å². The Hall–Kier alpha value is -1.90. The molecule has 9 heteroatoms. The minimum absolute atomic E-state index is 0.0952. The van der Waals surface area contributed by atoms with Gasteiger partial charge in [-0.15, -0.1) is 0 Å². The molecule has 1 aliphatic rings. The van der Waals surface area contributed by atoms with Gasteiger partial charge in [-0.05, 0) is 25.8 Å². The van der Waals surface area contributed by atoms with Crippen molar-refractivity contribution in [2.24, 2.45) is 12.5 Å². The number of carbonyl (C=O) groups excluding carboxylic acids is 2. The first-order valence-electron chi connectivity index (χ1n) is 9.18. The molecular weight excluding hydrogens is 368 g/mol. The van der Waals surface area contributed by atoms with Crippen LogP contribution in [0.5, 0.6) is 0 Å². The monoisotopic (exact) mass is 398 g/mol. The molecule has 1 aliphatic heterocycles. The van der Waals surface area contributed by atoms with E-state index in [4.69, 9.17) is 0 Å². The highest BCUT2D eigenvalue weighted by Crippen LogP contribution is 2.32. The molecule has 8 nitrogen and oxygen atoms in total. The molecule has 1 atom stereocenters. The molecule has 1 saturated heterocycles. The van der Waals surface area contributed by atoms with Crippen LogP contribution in [-0.4, -0.2) is 53.8 Å². The van der Waals surface area contributed by atoms with Gasteiger partial charge in [-0.3, -0.25) is 19.0 Å². The molecule has 0 spiro atoms. The second kappa shape index (κ2) is 7.26. The number of nitrogens with zero attached hydrogens (tertiary/aromatic N) is 3. The van der Waals surface area contributed by atoms with Gasteiger partial charge in [0.05, 0.1) is 16.9 Å². The number of nitrogens with one attached hydrogen (secondary N) is 1. The third-order valence-corrected chi connectivity index (χ3v) is 6.34. The molecule has 1 unspecified atom stereocenters. The molecule has 0 bridgehead atoms. The zero-order valence-electron chi connectivity index (χ0n) is 17.0. The minimum atomic E-state index is -3.63. The van der Waals surface area contributed by atoms with E-state index in [1.54, 1.807) is 36.5 Å². The molecule has 2 amide bonds. The summed E-state index contributed by atoms with van der Waals surface area (Å²) in [7, 11) is -1.91. The maximum absolute atomic E-state index is 12.9. The molecule has 1 aromatic rings. The number of aryl methyl sites for hydroxylation is 1. The fourth-order valence-electron chi connectivity index (χ4n) is 3.10. The van der Waals surface area contributed by atoms with Gasteiger partial charge in [0, 0.05) is 25.6 Å². The molecule has 1 N–H and O–H groups in total. The normalized spacial score (nSPS) is 20.7. The maximum Gasteiger partial charge on any atom is 0.272 e. The Labute approximate surface area is 161 Å². The Bertz CT molecular complexity index is 838. The van der Waals surface area contributed by atoms with E-state index in [0.29, 0.717) is 25.1 Å². The summed E-state index contributed by atoms with van der Waals surface area (Å²) in [5, 5.41) is 4.43. The van der Waals surface area contributed by atoms with Crippen LogP contribution in [0.25, 0.3) is 0 Å². The Morgan fingerprint density at radius 1 is 1.33 bits per heavy atom. The molecular formula is C18H30N4O4S. The van der Waals surface area contributed by atoms with Crippen molar-refractivity contribution in [2.45, 2.75) is 52.9 Å². The van der Waals surface area contributed by atoms with Crippen molar-refractivity contribution in [3.05, 3.63) is 17.5 Å². The molecule has 1 aromatic heterocycles. The largest absolute Gasteiger partial charge is 0.336 e. The van der Waals surface area contributed by atoms with E-state index in [1.165, 1.54) is 0 Å². The van der Waals surface area contributed by atoms with Crippen molar-refractivity contribution in [2.75, 3.05) is 18.8 Å². The first-order chi connectivity index (χ1) is 12.3. The molecule has 0 aliphatic carbocycles. The molecule has 1 fully saturated rings. The zero-order chi connectivity index (χ0) is 20.6. The van der Waals surface area contributed by atoms with Crippen LogP contribution in [0.2, 0.25) is 0 Å². The van der Waals surface area contributed by atoms with Gasteiger partial charge in [0.1, 0.15) is 5.69 Å². The van der Waals surface area contributed by atoms with Gasteiger partial charge < -0.3 is 4.90 Å². The predicted molar refractivity (Wildman–Crippen MR) is 103 cm³/mol. The average Bonchev–Trinajstić information content (AvgIpc) is 3.10. The van der Waals surface area contributed by atoms with Crippen molar-refractivity contribution in [3.63, 3.8) is 0 Å². The summed E-state index contributed by atoms with van der Waals surface area (Å²) in [4.78, 5) is 27.0. The van der Waals surface area contributed by atoms with Crippen LogP contribution in [0.1, 0.15) is 63.6 Å². The Kier molecular flexibility index (Phi) is 5.75. The lowest BCUT2D eigenvalue weighted by Gasteiger charge is -2.23. The second-order valence-corrected chi connectivity index (χ2v) is 10.4. The fraction of sp³-hybridized carbons (Fsp3) is 0.722. The second-order valence-electron chi connectivity index (χ2n) is 8.58. The van der Waals surface area contributed by atoms with Gasteiger partial charge in [-0.2, -0.15) is 5.10 Å². The zero-order valence-corrected chi connectivity index (χ0v) is 17.8. The Balaban J connectivity index is 2.14. The van der Waals surface area contributed by atoms with Crippen molar-refractivity contribution in [3.8, 4) is 0 Å². The van der Waals surface area contributed by atoms with Crippen LogP contribution in [0.4, 0.5) is 0 Å². The van der Waals surface area contributed by atoms with E-state index in [1.807, 2.05) is 20.8 Å². The number of rotatable bonds is 5. The molecule has 152 valence electrons. The average molecular weight is 399 g/mol. The van der Waals surface area contributed by atoms with E-state index in [9.17, 15) is 18.0 Å². The maximum atomic E-state index is 12.9. The van der Waals surface area contributed by atoms with Crippen molar-refractivity contribution in [1.29, 1.82) is 0 Å². The van der Waals surface area contributed by atoms with Gasteiger partial charge in [0.2, 0.25) is 15.9 Å². The number of hydrogen-bond donors (Lipinski definition) is 1. The summed E-state index contributed by atoms with van der Waals surface area (Å²) in [6, 6.07) is 1.78. The number of hydrogen-bond acceptors (Lipinski definition) is 5. The van der Waals surface area contributed by atoms with Crippen molar-refractivity contribution in [1.82, 2.24) is 19.4 Å². The van der Waals surface area contributed by atoms with Gasteiger partial charge in [-0.1, -0.05) is 27.7 Å². The molecule has 27 heavy (non-hydrogen) atoms. The summed E-state index contributed by atoms with van der Waals surface area (Å²) in [6.45, 7) is 10.1. The number of sulfonamides is 1. The highest BCUT2D eigenvalue weighted by molar-refractivity contribution is 7.90. The first kappa shape index (κ1) is 21.4. The van der Waals surface area contributed by atoms with E-state index >= 15 is 0 Å². The number of likely N-dealkylation sites (tertiary alicyclic amines) is 1. The third kappa shape index (κ3) is 4.69. The standard InChI is InChI=1S/C18H30N4O4S/c1-7-10-27(25,26)20-16(24)18(5)8-9-22(12-18)15(23)13-11-14(17(2,3)4)19-21(13)6/h11H,7-10,12H2,1-6H3,(H,20,24). The highest BCUT2D eigenvalue weighted by Gasteiger charge is 2.44. The third-order valence-electron chi connectivity index (χ3n) is 4.90. The summed E-state index contributed by atoms with van der Waals surface area (Å²) in [6.07, 6.45) is 0.844. The topological polar surface area (TPSA) is 101 Å². The first-order valence-corrected chi connectivity index (χ1v) is 10.8. The van der Waals surface area contributed by atoms with Crippen LogP contribution >= 0.6 is 0 Å². The van der Waals surface area contributed by atoms with Crippen LogP contribution in [0.15, 0.2) is 6.07 Å². The van der Waals surface area contributed by atoms with Crippen LogP contribution in [-0.2, 0) is 27.3 Å². The van der Waals surface area contributed by atoms with E-state index in [0.717, 1.165) is 5.69 Å². The molecule has 2 heterocycles. The summed E-state index contributed by atoms with van der Waals surface area (Å²) in [5.41, 5.74) is 0.174. The molecule has 0 radical (unpaired) electrons. The van der Waals surface area contributed by atoms with Crippen LogP contribution in [0.3, 0.4) is 0 Å². The molecule has 2 rings (SSSR count). The lowest BCUT2D eigenvalue weighted by atomic mass is 9.89. The van der Waals surface area contributed by atoms with Gasteiger partial charge >= 0.3 is 0 Å².